The maximum absolute atomic E-state index is 12.4. The van der Waals surface area contributed by atoms with E-state index in [1.165, 1.54) is 26.4 Å². The number of sulfonamides is 1. The molecule has 0 amide bonds. The highest BCUT2D eigenvalue weighted by Crippen LogP contribution is 2.27. The number of hydrogen-bond acceptors (Lipinski definition) is 6. The number of ether oxygens (including phenoxy) is 4. The molecule has 0 radical (unpaired) electrons. The summed E-state index contributed by atoms with van der Waals surface area (Å²) in [6.07, 6.45) is -0.638. The van der Waals surface area contributed by atoms with Crippen molar-refractivity contribution in [1.82, 2.24) is 4.72 Å². The van der Waals surface area contributed by atoms with Crippen LogP contribution in [0.4, 0.5) is 0 Å². The first-order valence-corrected chi connectivity index (χ1v) is 8.41. The molecule has 0 atom stereocenters. The molecule has 0 aliphatic carbocycles. The van der Waals surface area contributed by atoms with Crippen LogP contribution < -0.4 is 14.2 Å². The fourth-order valence-corrected chi connectivity index (χ4v) is 2.99. The van der Waals surface area contributed by atoms with Gasteiger partial charge in [-0.3, -0.25) is 0 Å². The van der Waals surface area contributed by atoms with E-state index in [0.717, 1.165) is 0 Å². The van der Waals surface area contributed by atoms with Crippen LogP contribution in [0.25, 0.3) is 0 Å². The van der Waals surface area contributed by atoms with Gasteiger partial charge in [-0.1, -0.05) is 0 Å². The molecule has 1 aromatic carbocycles. The molecular weight excluding hydrogens is 310 g/mol. The Kier molecular flexibility index (Phi) is 7.60. The first kappa shape index (κ1) is 18.7. The fraction of sp³-hybridized carbons (Fsp3) is 0.571. The first-order valence-electron chi connectivity index (χ1n) is 6.93. The summed E-state index contributed by atoms with van der Waals surface area (Å²) in [5.74, 6) is 0.657. The molecule has 0 saturated heterocycles. The summed E-state index contributed by atoms with van der Waals surface area (Å²) < 4.78 is 48.1. The van der Waals surface area contributed by atoms with Crippen molar-refractivity contribution in [3.63, 3.8) is 0 Å². The summed E-state index contributed by atoms with van der Waals surface area (Å²) in [5.41, 5.74) is 0. The molecule has 0 aliphatic rings. The maximum atomic E-state index is 12.4. The molecule has 8 heteroatoms. The standard InChI is InChI=1S/C14H23NO6S/c1-5-20-14(21-6-2)10-15-22(16,17)13-9-11(18-3)7-8-12(13)19-4/h7-9,14-15H,5-6,10H2,1-4H3. The van der Waals surface area contributed by atoms with E-state index in [-0.39, 0.29) is 17.2 Å². The van der Waals surface area contributed by atoms with Gasteiger partial charge >= 0.3 is 0 Å². The topological polar surface area (TPSA) is 83.1 Å². The van der Waals surface area contributed by atoms with E-state index in [4.69, 9.17) is 18.9 Å². The summed E-state index contributed by atoms with van der Waals surface area (Å²) in [5, 5.41) is 0. The molecule has 0 aromatic heterocycles. The van der Waals surface area contributed by atoms with Crippen LogP contribution >= 0.6 is 0 Å². The summed E-state index contributed by atoms with van der Waals surface area (Å²) in [7, 11) is -0.911. The van der Waals surface area contributed by atoms with E-state index >= 15 is 0 Å². The van der Waals surface area contributed by atoms with E-state index in [1.54, 1.807) is 6.07 Å². The van der Waals surface area contributed by atoms with Gasteiger partial charge in [-0.25, -0.2) is 13.1 Å². The number of methoxy groups -OCH3 is 2. The maximum Gasteiger partial charge on any atom is 0.244 e. The van der Waals surface area contributed by atoms with Gasteiger partial charge in [0.15, 0.2) is 6.29 Å². The monoisotopic (exact) mass is 333 g/mol. The molecule has 0 fully saturated rings. The minimum atomic E-state index is -3.78. The van der Waals surface area contributed by atoms with Crippen molar-refractivity contribution in [2.75, 3.05) is 34.0 Å². The second-order valence-electron chi connectivity index (χ2n) is 4.21. The Balaban J connectivity index is 2.93. The van der Waals surface area contributed by atoms with Gasteiger partial charge in [-0.2, -0.15) is 0 Å². The van der Waals surface area contributed by atoms with Crippen LogP contribution in [-0.2, 0) is 19.5 Å². The average molecular weight is 333 g/mol. The molecule has 1 rings (SSSR count). The Hall–Kier alpha value is -1.35. The molecule has 1 aromatic rings. The lowest BCUT2D eigenvalue weighted by Gasteiger charge is -2.18. The van der Waals surface area contributed by atoms with Crippen molar-refractivity contribution >= 4 is 10.0 Å². The molecule has 22 heavy (non-hydrogen) atoms. The lowest BCUT2D eigenvalue weighted by atomic mass is 10.3. The Morgan fingerprint density at radius 1 is 1.09 bits per heavy atom. The van der Waals surface area contributed by atoms with Crippen LogP contribution in [0.1, 0.15) is 13.8 Å². The Morgan fingerprint density at radius 3 is 2.23 bits per heavy atom. The van der Waals surface area contributed by atoms with E-state index in [1.807, 2.05) is 13.8 Å². The Bertz CT molecular complexity index is 554. The molecule has 1 N–H and O–H groups in total. The number of benzene rings is 1. The van der Waals surface area contributed by atoms with Crippen molar-refractivity contribution in [3.05, 3.63) is 18.2 Å². The summed E-state index contributed by atoms with van der Waals surface area (Å²) >= 11 is 0. The van der Waals surface area contributed by atoms with Crippen LogP contribution in [0.3, 0.4) is 0 Å². The van der Waals surface area contributed by atoms with Crippen molar-refractivity contribution < 1.29 is 27.4 Å². The first-order chi connectivity index (χ1) is 10.5. The van der Waals surface area contributed by atoms with Gasteiger partial charge < -0.3 is 18.9 Å². The molecule has 0 saturated carbocycles. The van der Waals surface area contributed by atoms with Gasteiger partial charge in [-0.15, -0.1) is 0 Å². The van der Waals surface area contributed by atoms with Crippen LogP contribution in [0.2, 0.25) is 0 Å². The molecule has 0 aliphatic heterocycles. The van der Waals surface area contributed by atoms with E-state index < -0.39 is 16.3 Å². The third-order valence-electron chi connectivity index (χ3n) is 2.81. The van der Waals surface area contributed by atoms with Crippen molar-refractivity contribution in [3.8, 4) is 11.5 Å². The highest BCUT2D eigenvalue weighted by atomic mass is 32.2. The molecule has 7 nitrogen and oxygen atoms in total. The zero-order valence-corrected chi connectivity index (χ0v) is 14.1. The lowest BCUT2D eigenvalue weighted by molar-refractivity contribution is -0.130. The molecule has 0 heterocycles. The minimum Gasteiger partial charge on any atom is -0.497 e. The Morgan fingerprint density at radius 2 is 1.73 bits per heavy atom. The van der Waals surface area contributed by atoms with E-state index in [0.29, 0.717) is 19.0 Å². The minimum absolute atomic E-state index is 0.00102. The number of nitrogens with one attached hydrogen (secondary N) is 1. The van der Waals surface area contributed by atoms with Gasteiger partial charge in [0.05, 0.1) is 20.8 Å². The molecule has 126 valence electrons. The zero-order valence-electron chi connectivity index (χ0n) is 13.3. The summed E-state index contributed by atoms with van der Waals surface area (Å²) in [6.45, 7) is 4.48. The van der Waals surface area contributed by atoms with E-state index in [9.17, 15) is 8.42 Å². The lowest BCUT2D eigenvalue weighted by Crippen LogP contribution is -2.35. The predicted molar refractivity (Wildman–Crippen MR) is 81.8 cm³/mol. The van der Waals surface area contributed by atoms with Crippen LogP contribution in [0.15, 0.2) is 23.1 Å². The van der Waals surface area contributed by atoms with Crippen LogP contribution in [-0.4, -0.2) is 48.7 Å². The zero-order chi connectivity index (χ0) is 16.6. The van der Waals surface area contributed by atoms with E-state index in [2.05, 4.69) is 4.72 Å². The van der Waals surface area contributed by atoms with Crippen LogP contribution in [0, 0.1) is 0 Å². The third kappa shape index (κ3) is 5.13. The second-order valence-corrected chi connectivity index (χ2v) is 5.94. The molecule has 0 bridgehead atoms. The van der Waals surface area contributed by atoms with Crippen molar-refractivity contribution in [2.45, 2.75) is 25.0 Å². The SMILES string of the molecule is CCOC(CNS(=O)(=O)c1cc(OC)ccc1OC)OCC. The average Bonchev–Trinajstić information content (AvgIpc) is 2.52. The summed E-state index contributed by atoms with van der Waals surface area (Å²) in [6, 6.07) is 4.56. The normalized spacial score (nSPS) is 11.7. The molecular formula is C14H23NO6S. The highest BCUT2D eigenvalue weighted by Gasteiger charge is 2.22. The van der Waals surface area contributed by atoms with Gasteiger partial charge in [-0.05, 0) is 26.0 Å². The van der Waals surface area contributed by atoms with Crippen molar-refractivity contribution in [2.24, 2.45) is 0 Å². The fourth-order valence-electron chi connectivity index (χ4n) is 1.79. The number of rotatable bonds is 10. The van der Waals surface area contributed by atoms with Gasteiger partial charge in [0.1, 0.15) is 16.4 Å². The summed E-state index contributed by atoms with van der Waals surface area (Å²) in [4.78, 5) is 0.00102. The predicted octanol–water partition coefficient (Wildman–Crippen LogP) is 1.38. The smallest absolute Gasteiger partial charge is 0.244 e. The highest BCUT2D eigenvalue weighted by molar-refractivity contribution is 7.89. The van der Waals surface area contributed by atoms with Crippen molar-refractivity contribution in [1.29, 1.82) is 0 Å². The number of hydrogen-bond donors (Lipinski definition) is 1. The molecule has 0 spiro atoms. The quantitative estimate of drug-likeness (QED) is 0.651. The third-order valence-corrected chi connectivity index (χ3v) is 4.25. The molecule has 0 unspecified atom stereocenters. The van der Waals surface area contributed by atoms with Gasteiger partial charge in [0, 0.05) is 19.3 Å². The largest absolute Gasteiger partial charge is 0.497 e. The Labute approximate surface area is 131 Å². The second kappa shape index (κ2) is 8.94. The van der Waals surface area contributed by atoms with Crippen LogP contribution in [0.5, 0.6) is 11.5 Å². The van der Waals surface area contributed by atoms with Gasteiger partial charge in [0.25, 0.3) is 0 Å². The van der Waals surface area contributed by atoms with Gasteiger partial charge in [0.2, 0.25) is 10.0 Å².